The molecule has 2 amide bonds. The summed E-state index contributed by atoms with van der Waals surface area (Å²) >= 11 is 3.53. The molecular weight excluding hydrogens is 342 g/mol. The van der Waals surface area contributed by atoms with Crippen molar-refractivity contribution in [1.29, 1.82) is 0 Å². The van der Waals surface area contributed by atoms with E-state index in [0.29, 0.717) is 0 Å². The van der Waals surface area contributed by atoms with Gasteiger partial charge in [0.1, 0.15) is 0 Å². The van der Waals surface area contributed by atoms with E-state index in [-0.39, 0.29) is 18.1 Å². The topological polar surface area (TPSA) is 44.4 Å². The van der Waals surface area contributed by atoms with E-state index in [2.05, 4.69) is 38.4 Å². The quantitative estimate of drug-likeness (QED) is 0.833. The second-order valence-corrected chi connectivity index (χ2v) is 6.98. The molecule has 1 aromatic rings. The van der Waals surface area contributed by atoms with Gasteiger partial charge in [-0.2, -0.15) is 0 Å². The Morgan fingerprint density at radius 1 is 1.18 bits per heavy atom. The molecule has 1 fully saturated rings. The number of amides is 2. The molecule has 1 aliphatic heterocycles. The summed E-state index contributed by atoms with van der Waals surface area (Å²) in [5.74, 6) is 0. The summed E-state index contributed by atoms with van der Waals surface area (Å²) < 4.78 is 1.02. The molecule has 0 aliphatic carbocycles. The van der Waals surface area contributed by atoms with Gasteiger partial charge in [0.05, 0.1) is 6.04 Å². The number of nitrogens with zero attached hydrogens (tertiary/aromatic N) is 1. The van der Waals surface area contributed by atoms with Gasteiger partial charge in [0.2, 0.25) is 0 Å². The average Bonchev–Trinajstić information content (AvgIpc) is 2.48. The molecule has 0 saturated carbocycles. The molecule has 22 heavy (non-hydrogen) atoms. The van der Waals surface area contributed by atoms with Crippen LogP contribution in [0.5, 0.6) is 0 Å². The van der Waals surface area contributed by atoms with Crippen LogP contribution in [0.4, 0.5) is 4.79 Å². The zero-order chi connectivity index (χ0) is 15.9. The monoisotopic (exact) mass is 367 g/mol. The number of carbonyl (C=O) groups excluding carboxylic acids is 1. The van der Waals surface area contributed by atoms with Gasteiger partial charge in [-0.25, -0.2) is 4.79 Å². The van der Waals surface area contributed by atoms with Crippen LogP contribution in [-0.4, -0.2) is 36.6 Å². The Bertz CT molecular complexity index is 489. The molecule has 2 atom stereocenters. The molecule has 1 aliphatic rings. The second kappa shape index (κ2) is 8.53. The van der Waals surface area contributed by atoms with Crippen LogP contribution in [0.3, 0.4) is 0 Å². The summed E-state index contributed by atoms with van der Waals surface area (Å²) in [4.78, 5) is 14.6. The first-order valence-corrected chi connectivity index (χ1v) is 8.89. The van der Waals surface area contributed by atoms with Crippen LogP contribution in [0, 0.1) is 0 Å². The minimum Gasteiger partial charge on any atom is -0.334 e. The molecular formula is C17H26BrN3O. The van der Waals surface area contributed by atoms with Crippen LogP contribution in [0.1, 0.15) is 44.7 Å². The molecule has 122 valence electrons. The predicted molar refractivity (Wildman–Crippen MR) is 94.0 cm³/mol. The van der Waals surface area contributed by atoms with E-state index in [0.717, 1.165) is 29.7 Å². The van der Waals surface area contributed by atoms with Crippen LogP contribution >= 0.6 is 15.9 Å². The highest BCUT2D eigenvalue weighted by Gasteiger charge is 2.16. The van der Waals surface area contributed by atoms with Gasteiger partial charge in [-0.15, -0.1) is 0 Å². The molecule has 1 heterocycles. The highest BCUT2D eigenvalue weighted by Crippen LogP contribution is 2.22. The van der Waals surface area contributed by atoms with Crippen molar-refractivity contribution in [3.63, 3.8) is 0 Å². The van der Waals surface area contributed by atoms with Gasteiger partial charge in [-0.1, -0.05) is 40.5 Å². The average molecular weight is 368 g/mol. The maximum absolute atomic E-state index is 12.1. The van der Waals surface area contributed by atoms with E-state index in [9.17, 15) is 4.79 Å². The molecule has 5 heteroatoms. The lowest BCUT2D eigenvalue weighted by Crippen LogP contribution is -2.47. The van der Waals surface area contributed by atoms with Crippen LogP contribution in [0.2, 0.25) is 0 Å². The van der Waals surface area contributed by atoms with Crippen LogP contribution < -0.4 is 10.6 Å². The number of likely N-dealkylation sites (tertiary alicyclic amines) is 1. The lowest BCUT2D eigenvalue weighted by atomic mass is 10.1. The van der Waals surface area contributed by atoms with Crippen molar-refractivity contribution in [2.45, 2.75) is 45.2 Å². The lowest BCUT2D eigenvalue weighted by Gasteiger charge is -2.29. The standard InChI is InChI=1S/C17H26BrN3O/c1-13(12-21-10-6-3-7-11-21)19-17(22)20-14(2)15-8-4-5-9-16(15)18/h4-5,8-9,13-14H,3,6-7,10-12H2,1-2H3,(H2,19,20,22). The maximum atomic E-state index is 12.1. The van der Waals surface area contributed by atoms with Gasteiger partial charge >= 0.3 is 6.03 Å². The minimum absolute atomic E-state index is 0.0299. The molecule has 4 nitrogen and oxygen atoms in total. The molecule has 2 rings (SSSR count). The molecule has 0 aromatic heterocycles. The fourth-order valence-corrected chi connectivity index (χ4v) is 3.57. The number of hydrogen-bond donors (Lipinski definition) is 2. The van der Waals surface area contributed by atoms with Crippen LogP contribution in [0.25, 0.3) is 0 Å². The number of piperidine rings is 1. The van der Waals surface area contributed by atoms with Crippen molar-refractivity contribution in [1.82, 2.24) is 15.5 Å². The number of urea groups is 1. The molecule has 1 saturated heterocycles. The summed E-state index contributed by atoms with van der Waals surface area (Å²) in [7, 11) is 0. The van der Waals surface area contributed by atoms with Gasteiger partial charge in [-0.3, -0.25) is 0 Å². The fourth-order valence-electron chi connectivity index (χ4n) is 2.94. The maximum Gasteiger partial charge on any atom is 0.315 e. The van der Waals surface area contributed by atoms with E-state index in [1.807, 2.05) is 31.2 Å². The van der Waals surface area contributed by atoms with Gasteiger partial charge in [0.15, 0.2) is 0 Å². The summed E-state index contributed by atoms with van der Waals surface area (Å²) in [6.45, 7) is 7.30. The smallest absolute Gasteiger partial charge is 0.315 e. The number of benzene rings is 1. The van der Waals surface area contributed by atoms with Gasteiger partial charge < -0.3 is 15.5 Å². The Hall–Kier alpha value is -1.07. The molecule has 2 N–H and O–H groups in total. The Morgan fingerprint density at radius 2 is 1.86 bits per heavy atom. The van der Waals surface area contributed by atoms with Gasteiger partial charge in [0, 0.05) is 17.1 Å². The molecule has 2 unspecified atom stereocenters. The summed E-state index contributed by atoms with van der Waals surface area (Å²) in [6, 6.07) is 7.99. The fraction of sp³-hybridized carbons (Fsp3) is 0.588. The molecule has 1 aromatic carbocycles. The first kappa shape index (κ1) is 17.3. The van der Waals surface area contributed by atoms with Gasteiger partial charge in [0.25, 0.3) is 0 Å². The Labute approximate surface area is 141 Å². The van der Waals surface area contributed by atoms with Crippen molar-refractivity contribution in [2.24, 2.45) is 0 Å². The van der Waals surface area contributed by atoms with E-state index in [1.54, 1.807) is 0 Å². The van der Waals surface area contributed by atoms with E-state index in [1.165, 1.54) is 19.3 Å². The Morgan fingerprint density at radius 3 is 2.55 bits per heavy atom. The predicted octanol–water partition coefficient (Wildman–Crippen LogP) is 3.68. The number of nitrogens with one attached hydrogen (secondary N) is 2. The third-order valence-electron chi connectivity index (χ3n) is 4.08. The Kier molecular flexibility index (Phi) is 6.70. The summed E-state index contributed by atoms with van der Waals surface area (Å²) in [5.41, 5.74) is 1.08. The van der Waals surface area contributed by atoms with E-state index >= 15 is 0 Å². The van der Waals surface area contributed by atoms with E-state index < -0.39 is 0 Å². The van der Waals surface area contributed by atoms with Crippen LogP contribution in [-0.2, 0) is 0 Å². The third kappa shape index (κ3) is 5.29. The van der Waals surface area contributed by atoms with Crippen molar-refractivity contribution in [2.75, 3.05) is 19.6 Å². The zero-order valence-corrected chi connectivity index (χ0v) is 15.0. The number of hydrogen-bond acceptors (Lipinski definition) is 2. The minimum atomic E-state index is -0.104. The summed E-state index contributed by atoms with van der Waals surface area (Å²) in [5, 5.41) is 6.05. The van der Waals surface area contributed by atoms with Gasteiger partial charge in [-0.05, 0) is 51.4 Å². The highest BCUT2D eigenvalue weighted by molar-refractivity contribution is 9.10. The van der Waals surface area contributed by atoms with Crippen molar-refractivity contribution >= 4 is 22.0 Å². The first-order valence-electron chi connectivity index (χ1n) is 8.10. The second-order valence-electron chi connectivity index (χ2n) is 6.12. The third-order valence-corrected chi connectivity index (χ3v) is 4.80. The Balaban J connectivity index is 1.78. The molecule has 0 radical (unpaired) electrons. The zero-order valence-electron chi connectivity index (χ0n) is 13.4. The molecule has 0 spiro atoms. The number of carbonyl (C=O) groups is 1. The van der Waals surface area contributed by atoms with Crippen molar-refractivity contribution in [3.8, 4) is 0 Å². The SMILES string of the molecule is CC(CN1CCCCC1)NC(=O)NC(C)c1ccccc1Br. The van der Waals surface area contributed by atoms with Crippen LogP contribution in [0.15, 0.2) is 28.7 Å². The first-order chi connectivity index (χ1) is 10.6. The van der Waals surface area contributed by atoms with E-state index in [4.69, 9.17) is 0 Å². The van der Waals surface area contributed by atoms with Crippen molar-refractivity contribution < 1.29 is 4.79 Å². The normalized spacial score (nSPS) is 18.5. The van der Waals surface area contributed by atoms with Crippen molar-refractivity contribution in [3.05, 3.63) is 34.3 Å². The number of rotatable bonds is 5. The number of halogens is 1. The highest BCUT2D eigenvalue weighted by atomic mass is 79.9. The summed E-state index contributed by atoms with van der Waals surface area (Å²) in [6.07, 6.45) is 3.89. The molecule has 0 bridgehead atoms. The lowest BCUT2D eigenvalue weighted by molar-refractivity contribution is 0.202. The largest absolute Gasteiger partial charge is 0.334 e.